The normalized spacial score (nSPS) is 22.7. The van der Waals surface area contributed by atoms with E-state index in [9.17, 15) is 13.2 Å². The van der Waals surface area contributed by atoms with E-state index in [1.807, 2.05) is 18.2 Å². The van der Waals surface area contributed by atoms with E-state index in [0.29, 0.717) is 6.54 Å². The summed E-state index contributed by atoms with van der Waals surface area (Å²) in [4.78, 5) is 16.1. The van der Waals surface area contributed by atoms with Crippen LogP contribution in [0.4, 0.5) is 5.69 Å². The van der Waals surface area contributed by atoms with Gasteiger partial charge in [0, 0.05) is 38.3 Å². The highest BCUT2D eigenvalue weighted by Gasteiger charge is 2.36. The summed E-state index contributed by atoms with van der Waals surface area (Å²) in [5, 5.41) is 4.41. The van der Waals surface area contributed by atoms with Gasteiger partial charge in [0.15, 0.2) is 0 Å². The number of nitrogens with zero attached hydrogens (tertiary/aromatic N) is 2. The van der Waals surface area contributed by atoms with Crippen LogP contribution in [-0.4, -0.2) is 44.1 Å². The van der Waals surface area contributed by atoms with Gasteiger partial charge < -0.3 is 9.80 Å². The number of anilines is 1. The van der Waals surface area contributed by atoms with Crippen LogP contribution in [-0.2, 0) is 21.4 Å². The first-order valence-corrected chi connectivity index (χ1v) is 9.68. The van der Waals surface area contributed by atoms with Gasteiger partial charge in [0.1, 0.15) is 5.25 Å². The Hall–Kier alpha value is -1.60. The van der Waals surface area contributed by atoms with Gasteiger partial charge in [0.05, 0.1) is 0 Å². The number of amides is 1. The Morgan fingerprint density at radius 1 is 1.13 bits per heavy atom. The fourth-order valence-corrected chi connectivity index (χ4v) is 4.16. The molecule has 6 nitrogen and oxygen atoms in total. The van der Waals surface area contributed by atoms with Gasteiger partial charge in [-0.05, 0) is 30.9 Å². The fraction of sp³-hybridized carbons (Fsp3) is 0.562. The van der Waals surface area contributed by atoms with E-state index < -0.39 is 15.3 Å². The first-order valence-electron chi connectivity index (χ1n) is 8.07. The van der Waals surface area contributed by atoms with Gasteiger partial charge in [0.2, 0.25) is 15.9 Å². The number of sulfonamides is 1. The standard InChI is InChI=1S/C16H23N3O3S/c17-23(21,22)14-10-16(20)19(12-14)11-13-6-2-3-7-15(13)18-8-4-1-5-9-18/h2-3,6-7,14H,1,4-5,8-12H2,(H2,17,21,22). The molecule has 7 heteroatoms. The van der Waals surface area contributed by atoms with Gasteiger partial charge in [-0.1, -0.05) is 18.2 Å². The van der Waals surface area contributed by atoms with Crippen molar-refractivity contribution in [3.8, 4) is 0 Å². The molecule has 2 heterocycles. The number of carbonyl (C=O) groups excluding carboxylic acids is 1. The summed E-state index contributed by atoms with van der Waals surface area (Å²) >= 11 is 0. The number of benzene rings is 1. The molecule has 1 amide bonds. The predicted molar refractivity (Wildman–Crippen MR) is 89.4 cm³/mol. The van der Waals surface area contributed by atoms with Crippen LogP contribution in [0.3, 0.4) is 0 Å². The second-order valence-electron chi connectivity index (χ2n) is 6.37. The molecule has 0 aliphatic carbocycles. The SMILES string of the molecule is NS(=O)(=O)C1CC(=O)N(Cc2ccccc2N2CCCCC2)C1. The Kier molecular flexibility index (Phi) is 4.59. The average molecular weight is 337 g/mol. The molecular weight excluding hydrogens is 314 g/mol. The smallest absolute Gasteiger partial charge is 0.224 e. The maximum absolute atomic E-state index is 12.1. The van der Waals surface area contributed by atoms with E-state index in [0.717, 1.165) is 24.3 Å². The number of rotatable bonds is 4. The molecule has 0 aromatic heterocycles. The quantitative estimate of drug-likeness (QED) is 0.891. The highest BCUT2D eigenvalue weighted by atomic mass is 32.2. The van der Waals surface area contributed by atoms with Crippen LogP contribution in [0.25, 0.3) is 0 Å². The van der Waals surface area contributed by atoms with Crippen molar-refractivity contribution in [2.24, 2.45) is 5.14 Å². The van der Waals surface area contributed by atoms with Gasteiger partial charge in [-0.2, -0.15) is 0 Å². The largest absolute Gasteiger partial charge is 0.371 e. The van der Waals surface area contributed by atoms with E-state index in [1.54, 1.807) is 4.90 Å². The minimum atomic E-state index is -3.66. The van der Waals surface area contributed by atoms with Gasteiger partial charge in [-0.3, -0.25) is 4.79 Å². The molecule has 0 spiro atoms. The number of piperidine rings is 1. The third-order valence-corrected chi connectivity index (χ3v) is 5.94. The Morgan fingerprint density at radius 2 is 1.83 bits per heavy atom. The van der Waals surface area contributed by atoms with E-state index >= 15 is 0 Å². The summed E-state index contributed by atoms with van der Waals surface area (Å²) in [6, 6.07) is 8.06. The van der Waals surface area contributed by atoms with Crippen molar-refractivity contribution in [3.05, 3.63) is 29.8 Å². The topological polar surface area (TPSA) is 83.7 Å². The third-order valence-electron chi connectivity index (χ3n) is 4.69. The van der Waals surface area contributed by atoms with Gasteiger partial charge >= 0.3 is 0 Å². The van der Waals surface area contributed by atoms with Crippen molar-refractivity contribution in [3.63, 3.8) is 0 Å². The number of nitrogens with two attached hydrogens (primary N) is 1. The molecular formula is C16H23N3O3S. The predicted octanol–water partition coefficient (Wildman–Crippen LogP) is 1.07. The third kappa shape index (κ3) is 3.67. The highest BCUT2D eigenvalue weighted by Crippen LogP contribution is 2.27. The second-order valence-corrected chi connectivity index (χ2v) is 8.21. The van der Waals surface area contributed by atoms with E-state index in [1.165, 1.54) is 19.3 Å². The van der Waals surface area contributed by atoms with E-state index in [4.69, 9.17) is 5.14 Å². The van der Waals surface area contributed by atoms with Crippen LogP contribution in [0.1, 0.15) is 31.2 Å². The Labute approximate surface area is 137 Å². The van der Waals surface area contributed by atoms with Crippen LogP contribution >= 0.6 is 0 Å². The zero-order chi connectivity index (χ0) is 16.4. The van der Waals surface area contributed by atoms with Crippen molar-refractivity contribution in [1.29, 1.82) is 0 Å². The van der Waals surface area contributed by atoms with E-state index in [-0.39, 0.29) is 18.9 Å². The monoisotopic (exact) mass is 337 g/mol. The van der Waals surface area contributed by atoms with E-state index in [2.05, 4.69) is 11.0 Å². The van der Waals surface area contributed by atoms with Crippen molar-refractivity contribution in [1.82, 2.24) is 4.90 Å². The fourth-order valence-electron chi connectivity index (χ4n) is 3.40. The zero-order valence-corrected chi connectivity index (χ0v) is 14.0. The summed E-state index contributed by atoms with van der Waals surface area (Å²) in [6.45, 7) is 2.69. The van der Waals surface area contributed by atoms with Gasteiger partial charge in [-0.25, -0.2) is 13.6 Å². The Morgan fingerprint density at radius 3 is 2.48 bits per heavy atom. The summed E-state index contributed by atoms with van der Waals surface area (Å²) < 4.78 is 23.0. The van der Waals surface area contributed by atoms with Crippen molar-refractivity contribution < 1.29 is 13.2 Å². The Bertz CT molecular complexity index is 684. The number of hydrogen-bond acceptors (Lipinski definition) is 4. The average Bonchev–Trinajstić information content (AvgIpc) is 2.90. The summed E-state index contributed by atoms with van der Waals surface area (Å²) in [5.74, 6) is -0.141. The second kappa shape index (κ2) is 6.49. The highest BCUT2D eigenvalue weighted by molar-refractivity contribution is 7.89. The lowest BCUT2D eigenvalue weighted by Crippen LogP contribution is -2.33. The molecule has 126 valence electrons. The molecule has 0 radical (unpaired) electrons. The van der Waals surface area contributed by atoms with Crippen LogP contribution in [0, 0.1) is 0 Å². The molecule has 1 aromatic carbocycles. The molecule has 3 rings (SSSR count). The molecule has 1 unspecified atom stereocenters. The number of para-hydroxylation sites is 1. The van der Waals surface area contributed by atoms with Gasteiger partial charge in [-0.15, -0.1) is 0 Å². The number of hydrogen-bond donors (Lipinski definition) is 1. The van der Waals surface area contributed by atoms with Crippen LogP contribution < -0.4 is 10.0 Å². The lowest BCUT2D eigenvalue weighted by atomic mass is 10.1. The number of carbonyl (C=O) groups is 1. The summed E-state index contributed by atoms with van der Waals surface area (Å²) in [5.41, 5.74) is 2.22. The lowest BCUT2D eigenvalue weighted by Gasteiger charge is -2.31. The molecule has 0 saturated carbocycles. The Balaban J connectivity index is 1.77. The van der Waals surface area contributed by atoms with Crippen molar-refractivity contribution >= 4 is 21.6 Å². The first-order chi connectivity index (χ1) is 10.9. The minimum absolute atomic E-state index is 0.00921. The zero-order valence-electron chi connectivity index (χ0n) is 13.1. The molecule has 2 N–H and O–H groups in total. The molecule has 1 atom stereocenters. The molecule has 23 heavy (non-hydrogen) atoms. The molecule has 2 aliphatic rings. The number of likely N-dealkylation sites (tertiary alicyclic amines) is 1. The van der Waals surface area contributed by atoms with Crippen molar-refractivity contribution in [2.75, 3.05) is 24.5 Å². The van der Waals surface area contributed by atoms with Gasteiger partial charge in [0.25, 0.3) is 0 Å². The summed E-state index contributed by atoms with van der Waals surface area (Å²) in [7, 11) is -3.66. The molecule has 0 bridgehead atoms. The summed E-state index contributed by atoms with van der Waals surface area (Å²) in [6.07, 6.45) is 3.62. The molecule has 2 fully saturated rings. The maximum Gasteiger partial charge on any atom is 0.224 e. The lowest BCUT2D eigenvalue weighted by molar-refractivity contribution is -0.128. The van der Waals surface area contributed by atoms with Crippen LogP contribution in [0.5, 0.6) is 0 Å². The van der Waals surface area contributed by atoms with Crippen LogP contribution in [0.15, 0.2) is 24.3 Å². The molecule has 1 aromatic rings. The molecule has 2 saturated heterocycles. The maximum atomic E-state index is 12.1. The molecule has 2 aliphatic heterocycles. The van der Waals surface area contributed by atoms with Crippen molar-refractivity contribution in [2.45, 2.75) is 37.5 Å². The number of primary sulfonamides is 1. The first kappa shape index (κ1) is 16.3. The van der Waals surface area contributed by atoms with Crippen LogP contribution in [0.2, 0.25) is 0 Å². The minimum Gasteiger partial charge on any atom is -0.371 e.